The maximum absolute atomic E-state index is 6.17. The van der Waals surface area contributed by atoms with E-state index in [1.807, 2.05) is 24.4 Å². The molecule has 6 heteroatoms. The van der Waals surface area contributed by atoms with Gasteiger partial charge in [-0.25, -0.2) is 4.99 Å². The third-order valence-corrected chi connectivity index (χ3v) is 5.65. The molecule has 1 unspecified atom stereocenters. The molecule has 1 aliphatic rings. The van der Waals surface area contributed by atoms with Crippen molar-refractivity contribution < 1.29 is 9.47 Å². The lowest BCUT2D eigenvalue weighted by Gasteiger charge is -2.15. The smallest absolute Gasteiger partial charge is 0.191 e. The highest BCUT2D eigenvalue weighted by Gasteiger charge is 2.17. The Balaban J connectivity index is 1.44. The Morgan fingerprint density at radius 3 is 2.94 bits per heavy atom. The molecule has 2 heterocycles. The van der Waals surface area contributed by atoms with E-state index >= 15 is 0 Å². The van der Waals surface area contributed by atoms with E-state index in [1.54, 1.807) is 0 Å². The second-order valence-corrected chi connectivity index (χ2v) is 8.18. The minimum Gasteiger partial charge on any atom is -0.493 e. The van der Waals surface area contributed by atoms with Crippen molar-refractivity contribution in [3.8, 4) is 5.75 Å². The normalized spacial score (nSPS) is 16.3. The van der Waals surface area contributed by atoms with Crippen LogP contribution in [0.25, 0.3) is 10.8 Å². The largest absolute Gasteiger partial charge is 0.493 e. The molecular weight excluding hydrogens is 400 g/mol. The zero-order valence-electron chi connectivity index (χ0n) is 18.9. The quantitative estimate of drug-likeness (QED) is 0.412. The van der Waals surface area contributed by atoms with Crippen LogP contribution >= 0.6 is 0 Å². The van der Waals surface area contributed by atoms with E-state index in [0.717, 1.165) is 54.5 Å². The summed E-state index contributed by atoms with van der Waals surface area (Å²) >= 11 is 0. The van der Waals surface area contributed by atoms with Gasteiger partial charge < -0.3 is 20.1 Å². The number of nitrogens with one attached hydrogen (secondary N) is 2. The van der Waals surface area contributed by atoms with Gasteiger partial charge in [-0.2, -0.15) is 0 Å². The van der Waals surface area contributed by atoms with Crippen molar-refractivity contribution in [3.63, 3.8) is 0 Å². The monoisotopic (exact) mass is 432 g/mol. The summed E-state index contributed by atoms with van der Waals surface area (Å²) in [6, 6.07) is 16.7. The highest BCUT2D eigenvalue weighted by atomic mass is 16.5. The van der Waals surface area contributed by atoms with Crippen molar-refractivity contribution in [1.29, 1.82) is 0 Å². The standard InChI is InChI=1S/C26H32N4O2/c1-3-27-26(30-16-24-23-7-5-4-6-21(23)10-12-28-24)29-15-22-9-8-19(2)14-25(22)32-18-20-11-13-31-17-20/h4-10,12,14,20H,3,11,13,15-18H2,1-2H3,(H2,27,29,30). The topological polar surface area (TPSA) is 67.8 Å². The summed E-state index contributed by atoms with van der Waals surface area (Å²) in [6.45, 7) is 8.39. The van der Waals surface area contributed by atoms with Crippen molar-refractivity contribution in [2.45, 2.75) is 33.4 Å². The molecule has 1 fully saturated rings. The van der Waals surface area contributed by atoms with Crippen LogP contribution in [0.3, 0.4) is 0 Å². The number of aliphatic imine (C=N–C) groups is 1. The number of hydrogen-bond donors (Lipinski definition) is 2. The van der Waals surface area contributed by atoms with Crippen LogP contribution < -0.4 is 15.4 Å². The van der Waals surface area contributed by atoms with Gasteiger partial charge in [-0.05, 0) is 43.4 Å². The molecule has 2 N–H and O–H groups in total. The molecule has 6 nitrogen and oxygen atoms in total. The first-order valence-corrected chi connectivity index (χ1v) is 11.4. The third kappa shape index (κ3) is 5.77. The average molecular weight is 433 g/mol. The van der Waals surface area contributed by atoms with E-state index in [-0.39, 0.29) is 0 Å². The van der Waals surface area contributed by atoms with Crippen LogP contribution in [0.5, 0.6) is 5.75 Å². The van der Waals surface area contributed by atoms with Gasteiger partial charge in [0.2, 0.25) is 0 Å². The first-order valence-electron chi connectivity index (χ1n) is 11.4. The summed E-state index contributed by atoms with van der Waals surface area (Å²) in [4.78, 5) is 9.38. The van der Waals surface area contributed by atoms with E-state index in [2.05, 4.69) is 59.8 Å². The molecule has 2 aromatic carbocycles. The molecule has 0 radical (unpaired) electrons. The first-order chi connectivity index (χ1) is 15.7. The van der Waals surface area contributed by atoms with Crippen LogP contribution in [0, 0.1) is 12.8 Å². The number of nitrogens with zero attached hydrogens (tertiary/aromatic N) is 2. The fourth-order valence-electron chi connectivity index (χ4n) is 3.85. The highest BCUT2D eigenvalue weighted by molar-refractivity contribution is 5.85. The molecule has 0 saturated carbocycles. The zero-order valence-corrected chi connectivity index (χ0v) is 18.9. The summed E-state index contributed by atoms with van der Waals surface area (Å²) in [5.41, 5.74) is 3.27. The fourth-order valence-corrected chi connectivity index (χ4v) is 3.85. The van der Waals surface area contributed by atoms with Crippen LogP contribution in [0.2, 0.25) is 0 Å². The number of guanidine groups is 1. The van der Waals surface area contributed by atoms with E-state index in [4.69, 9.17) is 14.5 Å². The van der Waals surface area contributed by atoms with Crippen molar-refractivity contribution in [2.75, 3.05) is 26.4 Å². The molecule has 168 valence electrons. The Bertz CT molecular complexity index is 1060. The van der Waals surface area contributed by atoms with Crippen molar-refractivity contribution in [3.05, 3.63) is 71.5 Å². The van der Waals surface area contributed by atoms with Crippen molar-refractivity contribution >= 4 is 16.7 Å². The molecule has 0 spiro atoms. The Hall–Kier alpha value is -3.12. The van der Waals surface area contributed by atoms with Gasteiger partial charge in [0, 0.05) is 36.2 Å². The van der Waals surface area contributed by atoms with Gasteiger partial charge in [-0.1, -0.05) is 36.4 Å². The Morgan fingerprint density at radius 2 is 2.09 bits per heavy atom. The molecular formula is C26H32N4O2. The second kappa shape index (κ2) is 11.0. The van der Waals surface area contributed by atoms with E-state index in [0.29, 0.717) is 25.6 Å². The van der Waals surface area contributed by atoms with Gasteiger partial charge in [-0.15, -0.1) is 0 Å². The molecule has 4 rings (SSSR count). The number of pyridine rings is 1. The van der Waals surface area contributed by atoms with Crippen LogP contribution in [0.1, 0.15) is 30.2 Å². The summed E-state index contributed by atoms with van der Waals surface area (Å²) in [5, 5.41) is 9.10. The molecule has 1 atom stereocenters. The highest BCUT2D eigenvalue weighted by Crippen LogP contribution is 2.23. The fraction of sp³-hybridized carbons (Fsp3) is 0.385. The molecule has 0 bridgehead atoms. The van der Waals surface area contributed by atoms with E-state index in [9.17, 15) is 0 Å². The summed E-state index contributed by atoms with van der Waals surface area (Å²) < 4.78 is 11.6. The molecule has 1 aliphatic heterocycles. The van der Waals surface area contributed by atoms with Crippen LogP contribution in [0.4, 0.5) is 0 Å². The molecule has 0 amide bonds. The predicted molar refractivity (Wildman–Crippen MR) is 129 cm³/mol. The van der Waals surface area contributed by atoms with Crippen molar-refractivity contribution in [1.82, 2.24) is 15.6 Å². The lowest BCUT2D eigenvalue weighted by atomic mass is 10.1. The molecule has 32 heavy (non-hydrogen) atoms. The van der Waals surface area contributed by atoms with Crippen LogP contribution in [0.15, 0.2) is 59.7 Å². The maximum Gasteiger partial charge on any atom is 0.191 e. The first kappa shape index (κ1) is 22.1. The zero-order chi connectivity index (χ0) is 22.2. The average Bonchev–Trinajstić information content (AvgIpc) is 3.34. The Kier molecular flexibility index (Phi) is 7.56. The second-order valence-electron chi connectivity index (χ2n) is 8.18. The summed E-state index contributed by atoms with van der Waals surface area (Å²) in [6.07, 6.45) is 2.92. The number of benzene rings is 2. The van der Waals surface area contributed by atoms with E-state index in [1.165, 1.54) is 10.9 Å². The Morgan fingerprint density at radius 1 is 1.19 bits per heavy atom. The number of ether oxygens (including phenoxy) is 2. The van der Waals surface area contributed by atoms with Gasteiger partial charge in [0.05, 0.1) is 32.0 Å². The SMILES string of the molecule is CCNC(=NCc1ccc(C)cc1OCC1CCOC1)NCc1nccc2ccccc12. The Labute approximate surface area is 190 Å². The molecule has 3 aromatic rings. The number of aromatic nitrogens is 1. The number of rotatable bonds is 8. The third-order valence-electron chi connectivity index (χ3n) is 5.65. The maximum atomic E-state index is 6.17. The van der Waals surface area contributed by atoms with Crippen molar-refractivity contribution in [2.24, 2.45) is 10.9 Å². The van der Waals surface area contributed by atoms with Gasteiger partial charge in [0.1, 0.15) is 5.75 Å². The molecule has 1 saturated heterocycles. The lowest BCUT2D eigenvalue weighted by Crippen LogP contribution is -2.37. The number of aryl methyl sites for hydroxylation is 1. The number of hydrogen-bond acceptors (Lipinski definition) is 4. The van der Waals surface area contributed by atoms with Gasteiger partial charge in [0.15, 0.2) is 5.96 Å². The number of fused-ring (bicyclic) bond motifs is 1. The van der Waals surface area contributed by atoms with Crippen LogP contribution in [-0.4, -0.2) is 37.3 Å². The minimum absolute atomic E-state index is 0.471. The van der Waals surface area contributed by atoms with Gasteiger partial charge in [-0.3, -0.25) is 4.98 Å². The van der Waals surface area contributed by atoms with Gasteiger partial charge in [0.25, 0.3) is 0 Å². The van der Waals surface area contributed by atoms with Crippen LogP contribution in [-0.2, 0) is 17.8 Å². The summed E-state index contributed by atoms with van der Waals surface area (Å²) in [5.74, 6) is 2.14. The minimum atomic E-state index is 0.471. The summed E-state index contributed by atoms with van der Waals surface area (Å²) in [7, 11) is 0. The molecule has 0 aliphatic carbocycles. The van der Waals surface area contributed by atoms with E-state index < -0.39 is 0 Å². The lowest BCUT2D eigenvalue weighted by molar-refractivity contribution is 0.166. The predicted octanol–water partition coefficient (Wildman–Crippen LogP) is 4.21. The van der Waals surface area contributed by atoms with Gasteiger partial charge >= 0.3 is 0 Å². The molecule has 1 aromatic heterocycles.